The van der Waals surface area contributed by atoms with Gasteiger partial charge in [0.25, 0.3) is 0 Å². The molecule has 0 spiro atoms. The average molecular weight is 314 g/mol. The Bertz CT molecular complexity index is 296. The third kappa shape index (κ3) is 9.66. The molecule has 0 aliphatic heterocycles. The second-order valence-electron chi connectivity index (χ2n) is 4.75. The van der Waals surface area contributed by atoms with Crippen molar-refractivity contribution in [3.63, 3.8) is 0 Å². The van der Waals surface area contributed by atoms with Crippen LogP contribution in [0.2, 0.25) is 0 Å². The number of unbranched alkanes of at least 4 members (excludes halogenated alkanes) is 4. The predicted octanol–water partition coefficient (Wildman–Crippen LogP) is 2.60. The van der Waals surface area contributed by atoms with Crippen molar-refractivity contribution in [2.24, 2.45) is 0 Å². The van der Waals surface area contributed by atoms with Gasteiger partial charge in [-0.05, 0) is 19.3 Å². The van der Waals surface area contributed by atoms with E-state index >= 15 is 0 Å². The van der Waals surface area contributed by atoms with Gasteiger partial charge >= 0.3 is 0 Å². The Labute approximate surface area is 123 Å². The highest BCUT2D eigenvalue weighted by molar-refractivity contribution is 7.89. The Morgan fingerprint density at radius 2 is 1.63 bits per heavy atom. The lowest BCUT2D eigenvalue weighted by atomic mass is 10.1. The van der Waals surface area contributed by atoms with E-state index in [1.54, 1.807) is 0 Å². The van der Waals surface area contributed by atoms with E-state index in [0.29, 0.717) is 31.8 Å². The van der Waals surface area contributed by atoms with E-state index in [0.717, 1.165) is 19.3 Å². The summed E-state index contributed by atoms with van der Waals surface area (Å²) in [4.78, 5) is 0. The quantitative estimate of drug-likeness (QED) is 0.420. The van der Waals surface area contributed by atoms with Gasteiger partial charge in [-0.25, -0.2) is 12.7 Å². The van der Waals surface area contributed by atoms with E-state index in [1.165, 1.54) is 17.1 Å². The van der Waals surface area contributed by atoms with Gasteiger partial charge in [0.15, 0.2) is 0 Å². The molecule has 0 atom stereocenters. The second-order valence-corrected chi connectivity index (χ2v) is 7.22. The first-order valence-electron chi connectivity index (χ1n) is 7.23. The van der Waals surface area contributed by atoms with Gasteiger partial charge in [0.1, 0.15) is 0 Å². The van der Waals surface area contributed by atoms with Gasteiger partial charge in [-0.3, -0.25) is 0 Å². The van der Waals surface area contributed by atoms with Crippen LogP contribution in [0, 0.1) is 0 Å². The molecular weight excluding hydrogens is 286 g/mol. The first-order valence-corrected chi connectivity index (χ1v) is 9.37. The minimum absolute atomic E-state index is 0.0252. The van der Waals surface area contributed by atoms with Gasteiger partial charge in [0.2, 0.25) is 10.0 Å². The molecule has 0 unspecified atom stereocenters. The lowest BCUT2D eigenvalue weighted by Crippen LogP contribution is -2.35. The number of hydrogen-bond donors (Lipinski definition) is 1. The van der Waals surface area contributed by atoms with Crippen LogP contribution in [-0.2, 0) is 10.0 Å². The van der Waals surface area contributed by atoms with E-state index in [2.05, 4.69) is 6.92 Å². The number of halogens is 1. The van der Waals surface area contributed by atoms with E-state index in [1.807, 2.05) is 0 Å². The van der Waals surface area contributed by atoms with Gasteiger partial charge in [0, 0.05) is 25.6 Å². The molecule has 0 aliphatic rings. The zero-order valence-electron chi connectivity index (χ0n) is 12.0. The largest absolute Gasteiger partial charge is 0.396 e. The molecular formula is C13H28ClNO3S. The zero-order chi connectivity index (χ0) is 14.6. The molecule has 0 aliphatic carbocycles. The average Bonchev–Trinajstić information content (AvgIpc) is 2.39. The zero-order valence-corrected chi connectivity index (χ0v) is 13.6. The summed E-state index contributed by atoms with van der Waals surface area (Å²) < 4.78 is 25.7. The molecule has 0 radical (unpaired) electrons. The topological polar surface area (TPSA) is 57.6 Å². The fourth-order valence-electron chi connectivity index (χ4n) is 1.89. The number of sulfonamides is 1. The van der Waals surface area contributed by atoms with Gasteiger partial charge < -0.3 is 5.11 Å². The second kappa shape index (κ2) is 11.9. The third-order valence-electron chi connectivity index (χ3n) is 3.01. The molecule has 0 rings (SSSR count). The van der Waals surface area contributed by atoms with Crippen molar-refractivity contribution in [2.75, 3.05) is 31.3 Å². The molecule has 0 saturated carbocycles. The summed E-state index contributed by atoms with van der Waals surface area (Å²) in [6.07, 6.45) is 6.48. The highest BCUT2D eigenvalue weighted by Gasteiger charge is 2.20. The van der Waals surface area contributed by atoms with E-state index in [9.17, 15) is 8.42 Å². The van der Waals surface area contributed by atoms with Crippen LogP contribution in [0.25, 0.3) is 0 Å². The monoisotopic (exact) mass is 313 g/mol. The maximum Gasteiger partial charge on any atom is 0.214 e. The standard InChI is InChI=1S/C13H28ClNO3S/c1-2-3-4-5-6-10-15(11-8-12-16)19(17,18)13-7-9-14/h16H,2-13H2,1H3. The maximum absolute atomic E-state index is 12.1. The van der Waals surface area contributed by atoms with Crippen LogP contribution in [-0.4, -0.2) is 49.2 Å². The molecule has 6 heteroatoms. The van der Waals surface area contributed by atoms with Crippen molar-refractivity contribution in [1.29, 1.82) is 0 Å². The van der Waals surface area contributed by atoms with Crippen LogP contribution in [0.15, 0.2) is 0 Å². The van der Waals surface area contributed by atoms with Crippen LogP contribution in [0.4, 0.5) is 0 Å². The van der Waals surface area contributed by atoms with Crippen molar-refractivity contribution in [3.05, 3.63) is 0 Å². The van der Waals surface area contributed by atoms with E-state index < -0.39 is 10.0 Å². The highest BCUT2D eigenvalue weighted by atomic mass is 35.5. The number of alkyl halides is 1. The van der Waals surface area contributed by atoms with E-state index in [-0.39, 0.29) is 12.4 Å². The van der Waals surface area contributed by atoms with Crippen LogP contribution in [0.1, 0.15) is 51.9 Å². The van der Waals surface area contributed by atoms with Crippen LogP contribution < -0.4 is 0 Å². The normalized spacial score (nSPS) is 12.2. The fourth-order valence-corrected chi connectivity index (χ4v) is 3.77. The van der Waals surface area contributed by atoms with Crippen molar-refractivity contribution in [3.8, 4) is 0 Å². The van der Waals surface area contributed by atoms with Gasteiger partial charge in [-0.1, -0.05) is 32.6 Å². The molecule has 116 valence electrons. The van der Waals surface area contributed by atoms with Gasteiger partial charge in [0.05, 0.1) is 5.75 Å². The van der Waals surface area contributed by atoms with Crippen molar-refractivity contribution in [2.45, 2.75) is 51.9 Å². The van der Waals surface area contributed by atoms with Crippen LogP contribution >= 0.6 is 11.6 Å². The van der Waals surface area contributed by atoms with Crippen LogP contribution in [0.3, 0.4) is 0 Å². The highest BCUT2D eigenvalue weighted by Crippen LogP contribution is 2.10. The predicted molar refractivity (Wildman–Crippen MR) is 81.2 cm³/mol. The van der Waals surface area contributed by atoms with Crippen molar-refractivity contribution in [1.82, 2.24) is 4.31 Å². The maximum atomic E-state index is 12.1. The minimum atomic E-state index is -3.21. The summed E-state index contributed by atoms with van der Waals surface area (Å²) >= 11 is 5.56. The minimum Gasteiger partial charge on any atom is -0.396 e. The molecule has 0 bridgehead atoms. The number of nitrogens with zero attached hydrogens (tertiary/aromatic N) is 1. The van der Waals surface area contributed by atoms with Crippen molar-refractivity contribution < 1.29 is 13.5 Å². The van der Waals surface area contributed by atoms with Gasteiger partial charge in [-0.2, -0.15) is 0 Å². The Hall–Kier alpha value is 0.160. The molecule has 0 aromatic rings. The summed E-state index contributed by atoms with van der Waals surface area (Å²) in [6.45, 7) is 3.16. The molecule has 0 fully saturated rings. The number of aliphatic hydroxyl groups is 1. The smallest absolute Gasteiger partial charge is 0.214 e. The fraction of sp³-hybridized carbons (Fsp3) is 1.00. The molecule has 0 saturated heterocycles. The molecule has 0 amide bonds. The van der Waals surface area contributed by atoms with Crippen LogP contribution in [0.5, 0.6) is 0 Å². The number of rotatable bonds is 13. The summed E-state index contributed by atoms with van der Waals surface area (Å²) in [5, 5.41) is 8.86. The molecule has 0 heterocycles. The van der Waals surface area contributed by atoms with E-state index in [4.69, 9.17) is 16.7 Å². The summed E-state index contributed by atoms with van der Waals surface area (Å²) in [5.41, 5.74) is 0. The number of hydrogen-bond acceptors (Lipinski definition) is 3. The molecule has 0 aromatic carbocycles. The Kier molecular flexibility index (Phi) is 12.0. The lowest BCUT2D eigenvalue weighted by Gasteiger charge is -2.21. The molecule has 0 aromatic heterocycles. The first-order chi connectivity index (χ1) is 9.08. The Morgan fingerprint density at radius 3 is 2.21 bits per heavy atom. The summed E-state index contributed by atoms with van der Waals surface area (Å²) in [5.74, 6) is 0.473. The Balaban J connectivity index is 4.20. The number of aliphatic hydroxyl groups excluding tert-OH is 1. The molecule has 4 nitrogen and oxygen atoms in total. The lowest BCUT2D eigenvalue weighted by molar-refractivity contribution is 0.268. The van der Waals surface area contributed by atoms with Gasteiger partial charge in [-0.15, -0.1) is 11.6 Å². The summed E-state index contributed by atoms with van der Waals surface area (Å²) in [7, 11) is -3.21. The molecule has 19 heavy (non-hydrogen) atoms. The van der Waals surface area contributed by atoms with Crippen molar-refractivity contribution >= 4 is 21.6 Å². The Morgan fingerprint density at radius 1 is 1.00 bits per heavy atom. The third-order valence-corrected chi connectivity index (χ3v) is 5.23. The first kappa shape index (κ1) is 19.2. The SMILES string of the molecule is CCCCCCCN(CCCO)S(=O)(=O)CCCCl. The summed E-state index contributed by atoms with van der Waals surface area (Å²) in [6, 6.07) is 0. The molecule has 1 N–H and O–H groups in total.